The lowest BCUT2D eigenvalue weighted by molar-refractivity contribution is 0.287. The molecule has 1 aromatic carbocycles. The summed E-state index contributed by atoms with van der Waals surface area (Å²) in [6, 6.07) is 3.48. The molecule has 1 rings (SSSR count). The van der Waals surface area contributed by atoms with Gasteiger partial charge in [0.15, 0.2) is 11.5 Å². The van der Waals surface area contributed by atoms with Crippen LogP contribution in [0.4, 0.5) is 0 Å². The van der Waals surface area contributed by atoms with Crippen molar-refractivity contribution in [1.29, 1.82) is 0 Å². The fourth-order valence-electron chi connectivity index (χ4n) is 1.44. The maximum absolute atomic E-state index is 6.12. The van der Waals surface area contributed by atoms with Crippen LogP contribution in [0.1, 0.15) is 32.4 Å². The second-order valence-electron chi connectivity index (χ2n) is 3.48. The van der Waals surface area contributed by atoms with Gasteiger partial charge in [-0.2, -0.15) is 0 Å². The molecule has 0 aliphatic rings. The third-order valence-electron chi connectivity index (χ3n) is 2.15. The fraction of sp³-hybridized carbons (Fsp3) is 0.500. The maximum Gasteiger partial charge on any atom is 0.162 e. The highest BCUT2D eigenvalue weighted by atomic mass is 35.5. The Balaban J connectivity index is 3.14. The first-order valence-corrected chi connectivity index (χ1v) is 5.82. The fourth-order valence-corrected chi connectivity index (χ4v) is 1.76. The first-order valence-electron chi connectivity index (χ1n) is 5.44. The lowest BCUT2D eigenvalue weighted by Crippen LogP contribution is -2.07. The molecular formula is C12H18ClNO2. The Bertz CT molecular complexity index is 353. The van der Waals surface area contributed by atoms with Crippen LogP contribution >= 0.6 is 11.6 Å². The van der Waals surface area contributed by atoms with Gasteiger partial charge in [0.2, 0.25) is 0 Å². The predicted molar refractivity (Wildman–Crippen MR) is 66.4 cm³/mol. The van der Waals surface area contributed by atoms with E-state index in [4.69, 9.17) is 26.8 Å². The third-order valence-corrected chi connectivity index (χ3v) is 2.48. The van der Waals surface area contributed by atoms with E-state index in [-0.39, 0.29) is 6.04 Å². The van der Waals surface area contributed by atoms with Gasteiger partial charge in [-0.15, -0.1) is 0 Å². The van der Waals surface area contributed by atoms with Crippen LogP contribution in [0, 0.1) is 0 Å². The standard InChI is InChI=1S/C12H18ClNO2/c1-4-15-11-6-9(8(3)14)10(13)7-12(11)16-5-2/h6-8H,4-5,14H2,1-3H3. The highest BCUT2D eigenvalue weighted by Gasteiger charge is 2.13. The van der Waals surface area contributed by atoms with E-state index in [9.17, 15) is 0 Å². The van der Waals surface area contributed by atoms with E-state index in [1.165, 1.54) is 0 Å². The molecule has 0 amide bonds. The van der Waals surface area contributed by atoms with Crippen molar-refractivity contribution in [3.05, 3.63) is 22.7 Å². The van der Waals surface area contributed by atoms with Crippen molar-refractivity contribution >= 4 is 11.6 Å². The Hall–Kier alpha value is -0.930. The first-order chi connectivity index (χ1) is 7.60. The summed E-state index contributed by atoms with van der Waals surface area (Å²) in [5.41, 5.74) is 6.69. The third kappa shape index (κ3) is 3.03. The molecule has 3 nitrogen and oxygen atoms in total. The van der Waals surface area contributed by atoms with Crippen molar-refractivity contribution in [2.24, 2.45) is 5.73 Å². The zero-order valence-corrected chi connectivity index (χ0v) is 10.7. The normalized spacial score (nSPS) is 12.3. The second kappa shape index (κ2) is 5.97. The Morgan fingerprint density at radius 3 is 2.12 bits per heavy atom. The molecule has 0 saturated heterocycles. The molecule has 1 unspecified atom stereocenters. The van der Waals surface area contributed by atoms with E-state index in [2.05, 4.69) is 0 Å². The number of benzene rings is 1. The average molecular weight is 244 g/mol. The minimum Gasteiger partial charge on any atom is -0.490 e. The van der Waals surface area contributed by atoms with Crippen LogP contribution < -0.4 is 15.2 Å². The Morgan fingerprint density at radius 2 is 1.69 bits per heavy atom. The maximum atomic E-state index is 6.12. The number of hydrogen-bond acceptors (Lipinski definition) is 3. The Labute approximate surface area is 101 Å². The van der Waals surface area contributed by atoms with E-state index in [1.807, 2.05) is 26.8 Å². The van der Waals surface area contributed by atoms with Crippen LogP contribution in [0.3, 0.4) is 0 Å². The van der Waals surface area contributed by atoms with Crippen LogP contribution in [0.2, 0.25) is 5.02 Å². The van der Waals surface area contributed by atoms with E-state index < -0.39 is 0 Å². The minimum atomic E-state index is -0.123. The van der Waals surface area contributed by atoms with Crippen molar-refractivity contribution in [3.8, 4) is 11.5 Å². The van der Waals surface area contributed by atoms with E-state index in [0.717, 1.165) is 5.56 Å². The molecule has 0 radical (unpaired) electrons. The smallest absolute Gasteiger partial charge is 0.162 e. The average Bonchev–Trinajstić information content (AvgIpc) is 2.22. The monoisotopic (exact) mass is 243 g/mol. The van der Waals surface area contributed by atoms with Gasteiger partial charge in [0.1, 0.15) is 0 Å². The molecule has 90 valence electrons. The van der Waals surface area contributed by atoms with Crippen LogP contribution in [-0.4, -0.2) is 13.2 Å². The van der Waals surface area contributed by atoms with Gasteiger partial charge >= 0.3 is 0 Å². The van der Waals surface area contributed by atoms with Crippen molar-refractivity contribution in [2.75, 3.05) is 13.2 Å². The molecule has 1 atom stereocenters. The Kier molecular flexibility index (Phi) is 4.90. The number of ether oxygens (including phenoxy) is 2. The molecule has 0 heterocycles. The topological polar surface area (TPSA) is 44.5 Å². The SMILES string of the molecule is CCOc1cc(Cl)c(C(C)N)cc1OCC. The van der Waals surface area contributed by atoms with Gasteiger partial charge < -0.3 is 15.2 Å². The predicted octanol–water partition coefficient (Wildman–Crippen LogP) is 3.16. The van der Waals surface area contributed by atoms with Gasteiger partial charge in [-0.1, -0.05) is 11.6 Å². The number of halogens is 1. The number of rotatable bonds is 5. The van der Waals surface area contributed by atoms with Crippen molar-refractivity contribution in [3.63, 3.8) is 0 Å². The molecule has 0 bridgehead atoms. The molecule has 0 fully saturated rings. The summed E-state index contributed by atoms with van der Waals surface area (Å²) in [6.07, 6.45) is 0. The van der Waals surface area contributed by atoms with Gasteiger partial charge in [-0.05, 0) is 32.4 Å². The lowest BCUT2D eigenvalue weighted by Gasteiger charge is -2.15. The summed E-state index contributed by atoms with van der Waals surface area (Å²) in [5, 5.41) is 0.613. The zero-order valence-electron chi connectivity index (χ0n) is 9.92. The highest BCUT2D eigenvalue weighted by Crippen LogP contribution is 2.35. The van der Waals surface area contributed by atoms with Gasteiger partial charge in [0.05, 0.1) is 13.2 Å². The summed E-state index contributed by atoms with van der Waals surface area (Å²) in [7, 11) is 0. The van der Waals surface area contributed by atoms with Crippen LogP contribution in [0.5, 0.6) is 11.5 Å². The molecule has 1 aromatic rings. The quantitative estimate of drug-likeness (QED) is 0.864. The molecule has 4 heteroatoms. The summed E-state index contributed by atoms with van der Waals surface area (Å²) >= 11 is 6.12. The summed E-state index contributed by atoms with van der Waals surface area (Å²) in [4.78, 5) is 0. The van der Waals surface area contributed by atoms with Crippen molar-refractivity contribution < 1.29 is 9.47 Å². The van der Waals surface area contributed by atoms with Gasteiger partial charge in [-0.25, -0.2) is 0 Å². The molecular weight excluding hydrogens is 226 g/mol. The Morgan fingerprint density at radius 1 is 1.19 bits per heavy atom. The van der Waals surface area contributed by atoms with Gasteiger partial charge in [-0.3, -0.25) is 0 Å². The molecule has 16 heavy (non-hydrogen) atoms. The molecule has 0 aromatic heterocycles. The first kappa shape index (κ1) is 13.1. The van der Waals surface area contributed by atoms with Crippen LogP contribution in [-0.2, 0) is 0 Å². The summed E-state index contributed by atoms with van der Waals surface area (Å²) in [5.74, 6) is 1.36. The minimum absolute atomic E-state index is 0.123. The van der Waals surface area contributed by atoms with E-state index in [1.54, 1.807) is 6.07 Å². The molecule has 0 saturated carbocycles. The van der Waals surface area contributed by atoms with E-state index >= 15 is 0 Å². The number of hydrogen-bond donors (Lipinski definition) is 1. The molecule has 0 aliphatic carbocycles. The van der Waals surface area contributed by atoms with Crippen molar-refractivity contribution in [2.45, 2.75) is 26.8 Å². The molecule has 0 aliphatic heterocycles. The second-order valence-corrected chi connectivity index (χ2v) is 3.88. The van der Waals surface area contributed by atoms with Crippen molar-refractivity contribution in [1.82, 2.24) is 0 Å². The number of nitrogens with two attached hydrogens (primary N) is 1. The van der Waals surface area contributed by atoms with Gasteiger partial charge in [0.25, 0.3) is 0 Å². The van der Waals surface area contributed by atoms with E-state index in [0.29, 0.717) is 29.7 Å². The lowest BCUT2D eigenvalue weighted by atomic mass is 10.1. The summed E-state index contributed by atoms with van der Waals surface area (Å²) < 4.78 is 11.0. The zero-order chi connectivity index (χ0) is 12.1. The molecule has 2 N–H and O–H groups in total. The highest BCUT2D eigenvalue weighted by molar-refractivity contribution is 6.31. The van der Waals surface area contributed by atoms with Crippen LogP contribution in [0.15, 0.2) is 12.1 Å². The largest absolute Gasteiger partial charge is 0.490 e. The van der Waals surface area contributed by atoms with Crippen LogP contribution in [0.25, 0.3) is 0 Å². The summed E-state index contributed by atoms with van der Waals surface area (Å²) in [6.45, 7) is 6.89. The molecule has 0 spiro atoms. The van der Waals surface area contributed by atoms with Gasteiger partial charge in [0, 0.05) is 17.1 Å².